The van der Waals surface area contributed by atoms with E-state index in [1.807, 2.05) is 30.0 Å². The third-order valence-corrected chi connectivity index (χ3v) is 3.72. The van der Waals surface area contributed by atoms with Gasteiger partial charge in [0, 0.05) is 19.0 Å². The standard InChI is InChI=1S/C15H22N2O/c1-2-13(16)11-15(18)17-10-6-9-14(17)12-7-4-3-5-8-12/h3-5,7-8,13-14H,2,6,9-11,16H2,1H3. The molecule has 2 N–H and O–H groups in total. The van der Waals surface area contributed by atoms with Crippen LogP contribution in [0.15, 0.2) is 30.3 Å². The highest BCUT2D eigenvalue weighted by Gasteiger charge is 2.29. The lowest BCUT2D eigenvalue weighted by molar-refractivity contribution is -0.132. The van der Waals surface area contributed by atoms with Crippen molar-refractivity contribution in [3.05, 3.63) is 35.9 Å². The van der Waals surface area contributed by atoms with Crippen molar-refractivity contribution in [2.45, 2.75) is 44.7 Å². The van der Waals surface area contributed by atoms with Crippen molar-refractivity contribution in [3.8, 4) is 0 Å². The van der Waals surface area contributed by atoms with Crippen LogP contribution in [0.2, 0.25) is 0 Å². The molecule has 3 nitrogen and oxygen atoms in total. The Morgan fingerprint density at radius 1 is 1.44 bits per heavy atom. The van der Waals surface area contributed by atoms with Crippen LogP contribution in [0.3, 0.4) is 0 Å². The lowest BCUT2D eigenvalue weighted by Gasteiger charge is -2.26. The van der Waals surface area contributed by atoms with Crippen LogP contribution >= 0.6 is 0 Å². The van der Waals surface area contributed by atoms with E-state index in [1.165, 1.54) is 5.56 Å². The van der Waals surface area contributed by atoms with Crippen molar-refractivity contribution in [3.63, 3.8) is 0 Å². The van der Waals surface area contributed by atoms with Crippen molar-refractivity contribution >= 4 is 5.91 Å². The second-order valence-electron chi connectivity index (χ2n) is 5.03. The number of amides is 1. The zero-order chi connectivity index (χ0) is 13.0. The number of likely N-dealkylation sites (tertiary alicyclic amines) is 1. The summed E-state index contributed by atoms with van der Waals surface area (Å²) in [5.74, 6) is 0.204. The fraction of sp³-hybridized carbons (Fsp3) is 0.533. The number of carbonyl (C=O) groups is 1. The van der Waals surface area contributed by atoms with Gasteiger partial charge in [0.1, 0.15) is 0 Å². The van der Waals surface area contributed by atoms with Crippen LogP contribution in [0.4, 0.5) is 0 Å². The molecule has 1 saturated heterocycles. The number of benzene rings is 1. The van der Waals surface area contributed by atoms with Gasteiger partial charge in [0.15, 0.2) is 0 Å². The number of hydrogen-bond acceptors (Lipinski definition) is 2. The van der Waals surface area contributed by atoms with E-state index in [2.05, 4.69) is 12.1 Å². The Hall–Kier alpha value is -1.35. The molecular formula is C15H22N2O. The number of carbonyl (C=O) groups excluding carboxylic acids is 1. The lowest BCUT2D eigenvalue weighted by Crippen LogP contribution is -2.35. The topological polar surface area (TPSA) is 46.3 Å². The van der Waals surface area contributed by atoms with E-state index in [-0.39, 0.29) is 18.0 Å². The van der Waals surface area contributed by atoms with E-state index in [0.717, 1.165) is 25.8 Å². The van der Waals surface area contributed by atoms with Gasteiger partial charge in [-0.05, 0) is 24.8 Å². The van der Waals surface area contributed by atoms with Crippen molar-refractivity contribution in [2.24, 2.45) is 5.73 Å². The number of nitrogens with two attached hydrogens (primary N) is 1. The molecule has 18 heavy (non-hydrogen) atoms. The largest absolute Gasteiger partial charge is 0.336 e. The summed E-state index contributed by atoms with van der Waals surface area (Å²) < 4.78 is 0. The molecule has 0 radical (unpaired) electrons. The molecule has 2 rings (SSSR count). The first kappa shape index (κ1) is 13.1. The average molecular weight is 246 g/mol. The molecule has 0 spiro atoms. The Kier molecular flexibility index (Phi) is 4.37. The maximum atomic E-state index is 12.2. The molecule has 1 fully saturated rings. The van der Waals surface area contributed by atoms with E-state index < -0.39 is 0 Å². The summed E-state index contributed by atoms with van der Waals surface area (Å²) in [7, 11) is 0. The van der Waals surface area contributed by atoms with E-state index in [1.54, 1.807) is 0 Å². The van der Waals surface area contributed by atoms with Gasteiger partial charge in [-0.25, -0.2) is 0 Å². The summed E-state index contributed by atoms with van der Waals surface area (Å²) in [6, 6.07) is 10.5. The molecule has 1 aliphatic rings. The number of rotatable bonds is 4. The van der Waals surface area contributed by atoms with Gasteiger partial charge < -0.3 is 10.6 Å². The molecule has 1 aliphatic heterocycles. The number of nitrogens with zero attached hydrogens (tertiary/aromatic N) is 1. The summed E-state index contributed by atoms with van der Waals surface area (Å²) in [5.41, 5.74) is 7.12. The van der Waals surface area contributed by atoms with Crippen molar-refractivity contribution in [2.75, 3.05) is 6.54 Å². The van der Waals surface area contributed by atoms with Crippen LogP contribution in [0.1, 0.15) is 44.2 Å². The van der Waals surface area contributed by atoms with Gasteiger partial charge in [-0.3, -0.25) is 4.79 Å². The second kappa shape index (κ2) is 6.01. The van der Waals surface area contributed by atoms with E-state index >= 15 is 0 Å². The van der Waals surface area contributed by atoms with Crippen LogP contribution in [0.5, 0.6) is 0 Å². The highest BCUT2D eigenvalue weighted by molar-refractivity contribution is 5.77. The van der Waals surface area contributed by atoms with E-state index in [9.17, 15) is 4.79 Å². The summed E-state index contributed by atoms with van der Waals surface area (Å²) in [5, 5.41) is 0. The molecule has 2 unspecified atom stereocenters. The van der Waals surface area contributed by atoms with E-state index in [0.29, 0.717) is 6.42 Å². The first-order valence-electron chi connectivity index (χ1n) is 6.82. The van der Waals surface area contributed by atoms with Crippen LogP contribution in [0.25, 0.3) is 0 Å². The molecule has 0 saturated carbocycles. The Balaban J connectivity index is 2.06. The first-order valence-corrected chi connectivity index (χ1v) is 6.82. The minimum absolute atomic E-state index is 0.00507. The van der Waals surface area contributed by atoms with Gasteiger partial charge in [0.25, 0.3) is 0 Å². The first-order chi connectivity index (χ1) is 8.72. The maximum absolute atomic E-state index is 12.2. The highest BCUT2D eigenvalue weighted by atomic mass is 16.2. The predicted molar refractivity (Wildman–Crippen MR) is 73.0 cm³/mol. The smallest absolute Gasteiger partial charge is 0.224 e. The second-order valence-corrected chi connectivity index (χ2v) is 5.03. The van der Waals surface area contributed by atoms with Gasteiger partial charge in [-0.1, -0.05) is 37.3 Å². The Bertz CT molecular complexity index is 391. The van der Waals surface area contributed by atoms with Crippen LogP contribution < -0.4 is 5.73 Å². The summed E-state index contributed by atoms with van der Waals surface area (Å²) in [6.45, 7) is 2.89. The zero-order valence-corrected chi connectivity index (χ0v) is 11.0. The quantitative estimate of drug-likeness (QED) is 0.887. The Labute approximate surface area is 109 Å². The fourth-order valence-electron chi connectivity index (χ4n) is 2.57. The third kappa shape index (κ3) is 2.91. The fourth-order valence-corrected chi connectivity index (χ4v) is 2.57. The van der Waals surface area contributed by atoms with Crippen LogP contribution in [-0.4, -0.2) is 23.4 Å². The molecule has 0 bridgehead atoms. The average Bonchev–Trinajstić information content (AvgIpc) is 2.88. The monoisotopic (exact) mass is 246 g/mol. The number of hydrogen-bond donors (Lipinski definition) is 1. The SMILES string of the molecule is CCC(N)CC(=O)N1CCCC1c1ccccc1. The van der Waals surface area contributed by atoms with Gasteiger partial charge >= 0.3 is 0 Å². The highest BCUT2D eigenvalue weighted by Crippen LogP contribution is 2.32. The van der Waals surface area contributed by atoms with E-state index in [4.69, 9.17) is 5.73 Å². The zero-order valence-electron chi connectivity index (χ0n) is 11.0. The maximum Gasteiger partial charge on any atom is 0.224 e. The molecule has 1 aromatic carbocycles. The Morgan fingerprint density at radius 2 is 2.17 bits per heavy atom. The summed E-state index contributed by atoms with van der Waals surface area (Å²) in [4.78, 5) is 14.2. The molecule has 98 valence electrons. The molecule has 1 heterocycles. The van der Waals surface area contributed by atoms with Crippen molar-refractivity contribution in [1.29, 1.82) is 0 Å². The van der Waals surface area contributed by atoms with Crippen LogP contribution in [0, 0.1) is 0 Å². The van der Waals surface area contributed by atoms with Gasteiger partial charge in [-0.15, -0.1) is 0 Å². The van der Waals surface area contributed by atoms with Crippen molar-refractivity contribution < 1.29 is 4.79 Å². The molecule has 0 aliphatic carbocycles. The molecule has 0 aromatic heterocycles. The van der Waals surface area contributed by atoms with Crippen LogP contribution in [-0.2, 0) is 4.79 Å². The molecule has 1 amide bonds. The summed E-state index contributed by atoms with van der Waals surface area (Å²) >= 11 is 0. The minimum Gasteiger partial charge on any atom is -0.336 e. The predicted octanol–water partition coefficient (Wildman–Crippen LogP) is 2.48. The molecule has 2 atom stereocenters. The molecular weight excluding hydrogens is 224 g/mol. The van der Waals surface area contributed by atoms with Gasteiger partial charge in [0.05, 0.1) is 6.04 Å². The lowest BCUT2D eigenvalue weighted by atomic mass is 10.0. The van der Waals surface area contributed by atoms with Gasteiger partial charge in [-0.2, -0.15) is 0 Å². The van der Waals surface area contributed by atoms with Gasteiger partial charge in [0.2, 0.25) is 5.91 Å². The molecule has 3 heteroatoms. The minimum atomic E-state index is -0.00507. The normalized spacial score (nSPS) is 21.0. The van der Waals surface area contributed by atoms with Crippen molar-refractivity contribution in [1.82, 2.24) is 4.90 Å². The third-order valence-electron chi connectivity index (χ3n) is 3.72. The summed E-state index contributed by atoms with van der Waals surface area (Å²) in [6.07, 6.45) is 3.49. The Morgan fingerprint density at radius 3 is 2.83 bits per heavy atom. The molecule has 1 aromatic rings.